The van der Waals surface area contributed by atoms with Gasteiger partial charge in [-0.1, -0.05) is 79.2 Å². The molecular formula is C40H39BN2O5. The van der Waals surface area contributed by atoms with Crippen LogP contribution in [0.15, 0.2) is 120 Å². The van der Waals surface area contributed by atoms with Gasteiger partial charge < -0.3 is 20.1 Å². The molecule has 4 atom stereocenters. The van der Waals surface area contributed by atoms with Crippen molar-refractivity contribution in [2.24, 2.45) is 17.8 Å². The summed E-state index contributed by atoms with van der Waals surface area (Å²) in [5.74, 6) is -1.41. The number of carbonyl (C=O) groups is 2. The fourth-order valence-electron chi connectivity index (χ4n) is 7.75. The molecule has 0 aromatic heterocycles. The first kappa shape index (κ1) is 31.7. The first-order valence-electron chi connectivity index (χ1n) is 16.8. The average molecular weight is 639 g/mol. The van der Waals surface area contributed by atoms with Gasteiger partial charge >= 0.3 is 7.12 Å². The highest BCUT2D eigenvalue weighted by Crippen LogP contribution is 2.52. The summed E-state index contributed by atoms with van der Waals surface area (Å²) in [4.78, 5) is 29.5. The Hall–Kier alpha value is -4.92. The van der Waals surface area contributed by atoms with Crippen LogP contribution >= 0.6 is 0 Å². The molecule has 2 amide bonds. The Kier molecular flexibility index (Phi) is 9.02. The topological polar surface area (TPSA) is 99.1 Å². The van der Waals surface area contributed by atoms with Crippen molar-refractivity contribution in [1.29, 1.82) is 0 Å². The van der Waals surface area contributed by atoms with Crippen molar-refractivity contribution in [2.75, 3.05) is 10.2 Å². The number of nitrogens with zero attached hydrogens (tertiary/aromatic N) is 1. The molecule has 1 aliphatic carbocycles. The summed E-state index contributed by atoms with van der Waals surface area (Å²) in [6.45, 7) is 2.10. The minimum absolute atomic E-state index is 0.167. The molecule has 7 nitrogen and oxygen atoms in total. The van der Waals surface area contributed by atoms with E-state index in [2.05, 4.69) is 30.4 Å². The predicted octanol–water partition coefficient (Wildman–Crippen LogP) is 7.87. The molecule has 2 fully saturated rings. The molecule has 3 N–H and O–H groups in total. The van der Waals surface area contributed by atoms with Gasteiger partial charge in [-0.15, -0.1) is 0 Å². The van der Waals surface area contributed by atoms with Gasteiger partial charge in [0.25, 0.3) is 0 Å². The number of nitrogens with one attached hydrogen (secondary N) is 1. The number of amides is 2. The number of hydrogen-bond acceptors (Lipinski definition) is 6. The summed E-state index contributed by atoms with van der Waals surface area (Å²) in [7, 11) is -1.03. The van der Waals surface area contributed by atoms with Gasteiger partial charge in [-0.05, 0) is 109 Å². The van der Waals surface area contributed by atoms with E-state index in [0.717, 1.165) is 45.6 Å². The zero-order chi connectivity index (χ0) is 33.2. The number of carbonyl (C=O) groups excluding carboxylic acids is 2. The van der Waals surface area contributed by atoms with E-state index in [0.29, 0.717) is 24.9 Å². The molecule has 0 unspecified atom stereocenters. The minimum Gasteiger partial charge on any atom is -0.508 e. The van der Waals surface area contributed by atoms with E-state index in [9.17, 15) is 19.7 Å². The maximum atomic E-state index is 14.2. The predicted molar refractivity (Wildman–Crippen MR) is 190 cm³/mol. The molecule has 48 heavy (non-hydrogen) atoms. The lowest BCUT2D eigenvalue weighted by Crippen LogP contribution is -2.46. The van der Waals surface area contributed by atoms with E-state index in [1.54, 1.807) is 12.1 Å². The van der Waals surface area contributed by atoms with Crippen molar-refractivity contribution in [3.05, 3.63) is 131 Å². The number of fused-ring (bicyclic) bond motifs is 3. The van der Waals surface area contributed by atoms with Crippen LogP contribution in [0.1, 0.15) is 43.7 Å². The third-order valence-electron chi connectivity index (χ3n) is 9.98. The molecule has 2 heterocycles. The summed E-state index contributed by atoms with van der Waals surface area (Å²) >= 11 is 0. The standard InChI is InChI=1S/C40H39BN2O5/c1-2-27-24-34-38(40(46)43(39(34)45)32-18-16-31(17-19-32)42-30-11-7-4-8-12-30)35-25-41(47)48-36(37(27)35)22-15-29(28-9-5-3-6-10-28)23-26-13-20-33(44)21-14-26/h3-14,16-21,23,34-36,38,42,44,47H,2,15,22,24-25H2,1H3/b29-23-/t34-,35+,36-,38-/m1/s1. The van der Waals surface area contributed by atoms with Crippen LogP contribution < -0.4 is 10.2 Å². The summed E-state index contributed by atoms with van der Waals surface area (Å²) in [6, 6.07) is 34.5. The molecule has 2 saturated heterocycles. The van der Waals surface area contributed by atoms with Crippen molar-refractivity contribution < 1.29 is 24.4 Å². The van der Waals surface area contributed by atoms with Crippen molar-refractivity contribution in [1.82, 2.24) is 0 Å². The van der Waals surface area contributed by atoms with E-state index in [1.165, 1.54) is 4.90 Å². The highest BCUT2D eigenvalue weighted by Gasteiger charge is 2.57. The summed E-state index contributed by atoms with van der Waals surface area (Å²) in [5.41, 5.74) is 7.80. The SMILES string of the molecule is CCC1=C2[C@@H](CC/C(=C/c3ccc(O)cc3)c3ccccc3)OB(O)C[C@@H]2[C@@H]2C(=O)N(c3ccc(Nc4ccccc4)cc3)C(=O)[C@@H]2C1. The van der Waals surface area contributed by atoms with Crippen molar-refractivity contribution in [3.8, 4) is 5.75 Å². The van der Waals surface area contributed by atoms with Crippen LogP contribution in [0.2, 0.25) is 6.32 Å². The molecule has 0 bridgehead atoms. The molecule has 242 valence electrons. The molecule has 4 aromatic carbocycles. The summed E-state index contributed by atoms with van der Waals surface area (Å²) < 4.78 is 6.24. The number of hydrogen-bond donors (Lipinski definition) is 3. The Morgan fingerprint density at radius 3 is 2.23 bits per heavy atom. The van der Waals surface area contributed by atoms with Gasteiger partial charge in [0.15, 0.2) is 0 Å². The largest absolute Gasteiger partial charge is 0.508 e. The quantitative estimate of drug-likeness (QED) is 0.0747. The van der Waals surface area contributed by atoms with E-state index in [1.807, 2.05) is 84.9 Å². The number of para-hydroxylation sites is 1. The van der Waals surface area contributed by atoms with Crippen LogP contribution in [0.3, 0.4) is 0 Å². The fraction of sp³-hybridized carbons (Fsp3) is 0.250. The normalized spacial score (nSPS) is 22.5. The Morgan fingerprint density at radius 1 is 0.875 bits per heavy atom. The number of anilines is 3. The third-order valence-corrected chi connectivity index (χ3v) is 9.98. The van der Waals surface area contributed by atoms with E-state index < -0.39 is 19.0 Å². The highest BCUT2D eigenvalue weighted by molar-refractivity contribution is 6.43. The van der Waals surface area contributed by atoms with Gasteiger partial charge in [0.2, 0.25) is 11.8 Å². The van der Waals surface area contributed by atoms with Gasteiger partial charge in [-0.2, -0.15) is 0 Å². The first-order chi connectivity index (χ1) is 23.4. The Balaban J connectivity index is 1.14. The molecule has 3 aliphatic rings. The van der Waals surface area contributed by atoms with Crippen molar-refractivity contribution >= 4 is 47.6 Å². The van der Waals surface area contributed by atoms with Gasteiger partial charge in [0, 0.05) is 11.4 Å². The van der Waals surface area contributed by atoms with Crippen LogP contribution in [-0.4, -0.2) is 35.2 Å². The lowest BCUT2D eigenvalue weighted by atomic mass is 9.58. The van der Waals surface area contributed by atoms with Crippen LogP contribution in [0.5, 0.6) is 5.75 Å². The monoisotopic (exact) mass is 638 g/mol. The van der Waals surface area contributed by atoms with E-state index >= 15 is 0 Å². The highest BCUT2D eigenvalue weighted by atomic mass is 16.5. The van der Waals surface area contributed by atoms with Gasteiger partial charge in [-0.25, -0.2) is 0 Å². The zero-order valence-electron chi connectivity index (χ0n) is 27.0. The lowest BCUT2D eigenvalue weighted by Gasteiger charge is -2.43. The Morgan fingerprint density at radius 2 is 1.54 bits per heavy atom. The third kappa shape index (κ3) is 6.33. The second-order valence-corrected chi connectivity index (χ2v) is 12.9. The van der Waals surface area contributed by atoms with Crippen molar-refractivity contribution in [2.45, 2.75) is 45.0 Å². The maximum Gasteiger partial charge on any atom is 0.455 e. The second-order valence-electron chi connectivity index (χ2n) is 12.9. The van der Waals surface area contributed by atoms with E-state index in [4.69, 9.17) is 4.65 Å². The minimum atomic E-state index is -1.03. The number of allylic oxidation sites excluding steroid dienone is 2. The molecule has 2 aliphatic heterocycles. The zero-order valence-corrected chi connectivity index (χ0v) is 27.0. The van der Waals surface area contributed by atoms with Crippen molar-refractivity contribution in [3.63, 3.8) is 0 Å². The number of phenolic OH excluding ortho intramolecular Hbond substituents is 1. The average Bonchev–Trinajstić information content (AvgIpc) is 3.36. The Labute approximate surface area is 281 Å². The van der Waals surface area contributed by atoms with Crippen LogP contribution in [-0.2, 0) is 14.2 Å². The number of aromatic hydroxyl groups is 1. The number of rotatable bonds is 9. The molecule has 4 aromatic rings. The first-order valence-corrected chi connectivity index (χ1v) is 16.8. The van der Waals surface area contributed by atoms with Gasteiger partial charge in [0.05, 0.1) is 23.6 Å². The van der Waals surface area contributed by atoms with Crippen LogP contribution in [0, 0.1) is 17.8 Å². The molecule has 0 saturated carbocycles. The summed E-state index contributed by atoms with van der Waals surface area (Å²) in [6.07, 6.45) is 4.60. The molecular weight excluding hydrogens is 599 g/mol. The second kappa shape index (κ2) is 13.7. The number of imide groups is 1. The summed E-state index contributed by atoms with van der Waals surface area (Å²) in [5, 5.41) is 24.2. The van der Waals surface area contributed by atoms with E-state index in [-0.39, 0.29) is 35.9 Å². The molecule has 7 rings (SSSR count). The molecule has 0 radical (unpaired) electrons. The van der Waals surface area contributed by atoms with Crippen LogP contribution in [0.25, 0.3) is 11.6 Å². The van der Waals surface area contributed by atoms with Crippen LogP contribution in [0.4, 0.5) is 17.1 Å². The number of benzene rings is 4. The smallest absolute Gasteiger partial charge is 0.455 e. The maximum absolute atomic E-state index is 14.2. The molecule has 0 spiro atoms. The number of phenols is 1. The Bertz CT molecular complexity index is 1840. The van der Waals surface area contributed by atoms with Gasteiger partial charge in [-0.3, -0.25) is 14.5 Å². The fourth-order valence-corrected chi connectivity index (χ4v) is 7.75. The van der Waals surface area contributed by atoms with Gasteiger partial charge in [0.1, 0.15) is 5.75 Å². The molecule has 8 heteroatoms. The lowest BCUT2D eigenvalue weighted by molar-refractivity contribution is -0.122.